The molecule has 3 saturated carbocycles. The van der Waals surface area contributed by atoms with E-state index in [4.69, 9.17) is 9.37 Å². The quantitative estimate of drug-likeness (QED) is 0.683. The lowest BCUT2D eigenvalue weighted by Gasteiger charge is -2.60. The van der Waals surface area contributed by atoms with Gasteiger partial charge in [0.2, 0.25) is 0 Å². The lowest BCUT2D eigenvalue weighted by molar-refractivity contribution is -0.151. The summed E-state index contributed by atoms with van der Waals surface area (Å²) in [4.78, 5) is 0. The molecular formula is C22H32N2O2. The van der Waals surface area contributed by atoms with E-state index >= 15 is 0 Å². The van der Waals surface area contributed by atoms with Crippen molar-refractivity contribution in [3.05, 3.63) is 11.4 Å². The third-order valence-corrected chi connectivity index (χ3v) is 10.1. The molecule has 6 unspecified atom stereocenters. The Balaban J connectivity index is 1.35. The maximum absolute atomic E-state index is 6.49. The van der Waals surface area contributed by atoms with Crippen LogP contribution in [0.25, 0.3) is 0 Å². The van der Waals surface area contributed by atoms with Crippen molar-refractivity contribution in [2.75, 3.05) is 6.61 Å². The summed E-state index contributed by atoms with van der Waals surface area (Å²) in [7, 11) is 0. The van der Waals surface area contributed by atoms with Crippen LogP contribution in [-0.2, 0) is 17.6 Å². The second-order valence-corrected chi connectivity index (χ2v) is 10.6. The zero-order chi connectivity index (χ0) is 17.6. The monoisotopic (exact) mass is 356 g/mol. The van der Waals surface area contributed by atoms with E-state index in [9.17, 15) is 0 Å². The summed E-state index contributed by atoms with van der Waals surface area (Å²) in [6, 6.07) is 0. The Morgan fingerprint density at radius 1 is 0.923 bits per heavy atom. The van der Waals surface area contributed by atoms with Crippen LogP contribution in [0.5, 0.6) is 0 Å². The molecule has 4 fully saturated rings. The minimum absolute atomic E-state index is 0.218. The molecule has 4 heteroatoms. The largest absolute Gasteiger partial charge is 0.374 e. The minimum atomic E-state index is 0.218. The smallest absolute Gasteiger partial charge is 0.108 e. The van der Waals surface area contributed by atoms with Gasteiger partial charge in [-0.15, -0.1) is 0 Å². The first-order valence-corrected chi connectivity index (χ1v) is 11.0. The summed E-state index contributed by atoms with van der Waals surface area (Å²) in [6.07, 6.45) is 13.0. The summed E-state index contributed by atoms with van der Waals surface area (Å²) in [5, 5.41) is 8.46. The van der Waals surface area contributed by atoms with Gasteiger partial charge in [0.15, 0.2) is 0 Å². The van der Waals surface area contributed by atoms with Gasteiger partial charge in [0.25, 0.3) is 0 Å². The van der Waals surface area contributed by atoms with Crippen LogP contribution >= 0.6 is 0 Å². The summed E-state index contributed by atoms with van der Waals surface area (Å²) in [5.74, 6) is 3.38. The van der Waals surface area contributed by atoms with Crippen LogP contribution in [0.4, 0.5) is 0 Å². The molecule has 0 N–H and O–H groups in total. The molecule has 0 aromatic carbocycles. The van der Waals surface area contributed by atoms with Crippen molar-refractivity contribution in [3.8, 4) is 0 Å². The summed E-state index contributed by atoms with van der Waals surface area (Å²) < 4.78 is 11.6. The zero-order valence-electron chi connectivity index (χ0n) is 16.3. The van der Waals surface area contributed by atoms with Crippen LogP contribution < -0.4 is 0 Å². The molecule has 1 saturated heterocycles. The van der Waals surface area contributed by atoms with Crippen LogP contribution in [0.1, 0.15) is 76.6 Å². The average Bonchev–Trinajstić information content (AvgIpc) is 3.33. The number of rotatable bonds is 0. The first-order chi connectivity index (χ1) is 12.6. The maximum atomic E-state index is 6.49. The Bertz CT molecular complexity index is 723. The van der Waals surface area contributed by atoms with Crippen molar-refractivity contribution in [1.29, 1.82) is 0 Å². The fourth-order valence-electron chi connectivity index (χ4n) is 8.69. The van der Waals surface area contributed by atoms with Gasteiger partial charge in [0.1, 0.15) is 11.4 Å². The standard InChI is InChI=1S/C22H32N2O2/c1-20-13-19-18(23-26-24-19)12-14(20)4-5-15-16(20)6-9-21(2)17(15)7-10-22(21)8-3-11-25-22/h14-17H,3-13H2,1-2H3/t14?,15?,16?,17?,20?,21?,22-/m1/s1. The molecule has 1 aliphatic heterocycles. The predicted molar refractivity (Wildman–Crippen MR) is 97.5 cm³/mol. The van der Waals surface area contributed by atoms with Crippen molar-refractivity contribution in [1.82, 2.24) is 10.3 Å². The molecule has 5 aliphatic rings. The summed E-state index contributed by atoms with van der Waals surface area (Å²) >= 11 is 0. The highest BCUT2D eigenvalue weighted by Crippen LogP contribution is 2.69. The molecule has 142 valence electrons. The third-order valence-electron chi connectivity index (χ3n) is 10.1. The molecule has 4 nitrogen and oxygen atoms in total. The van der Waals surface area contributed by atoms with Gasteiger partial charge in [-0.2, -0.15) is 0 Å². The van der Waals surface area contributed by atoms with E-state index in [1.807, 2.05) is 0 Å². The first kappa shape index (κ1) is 16.1. The third kappa shape index (κ3) is 1.80. The number of aromatic nitrogens is 2. The summed E-state index contributed by atoms with van der Waals surface area (Å²) in [5.41, 5.74) is 3.33. The Morgan fingerprint density at radius 2 is 1.77 bits per heavy atom. The molecule has 1 aromatic heterocycles. The molecule has 1 spiro atoms. The van der Waals surface area contributed by atoms with E-state index < -0.39 is 0 Å². The highest BCUT2D eigenvalue weighted by Gasteiger charge is 2.66. The number of hydrogen-bond donors (Lipinski definition) is 0. The van der Waals surface area contributed by atoms with Gasteiger partial charge < -0.3 is 4.74 Å². The highest BCUT2D eigenvalue weighted by molar-refractivity contribution is 5.22. The maximum Gasteiger partial charge on any atom is 0.108 e. The Labute approximate surface area is 156 Å². The van der Waals surface area contributed by atoms with Gasteiger partial charge >= 0.3 is 0 Å². The average molecular weight is 357 g/mol. The van der Waals surface area contributed by atoms with Crippen LogP contribution in [0.15, 0.2) is 4.63 Å². The van der Waals surface area contributed by atoms with Crippen molar-refractivity contribution in [2.24, 2.45) is 34.5 Å². The number of ether oxygens (including phenoxy) is 1. The Hall–Kier alpha value is -0.900. The lowest BCUT2D eigenvalue weighted by Crippen LogP contribution is -2.57. The number of hydrogen-bond acceptors (Lipinski definition) is 4. The van der Waals surface area contributed by atoms with Gasteiger partial charge in [-0.25, -0.2) is 4.63 Å². The number of fused-ring (bicyclic) bond motifs is 7. The highest BCUT2D eigenvalue weighted by atomic mass is 16.6. The fourth-order valence-corrected chi connectivity index (χ4v) is 8.69. The second kappa shape index (κ2) is 5.12. The Kier molecular flexibility index (Phi) is 3.17. The van der Waals surface area contributed by atoms with Crippen LogP contribution in [0.3, 0.4) is 0 Å². The topological polar surface area (TPSA) is 48.2 Å². The molecule has 4 aliphatic carbocycles. The van der Waals surface area contributed by atoms with Crippen molar-refractivity contribution in [2.45, 2.75) is 83.7 Å². The molecule has 0 bridgehead atoms. The Morgan fingerprint density at radius 3 is 2.62 bits per heavy atom. The summed E-state index contributed by atoms with van der Waals surface area (Å²) in [6.45, 7) is 6.17. The van der Waals surface area contributed by atoms with E-state index in [-0.39, 0.29) is 5.60 Å². The number of nitrogens with zero attached hydrogens (tertiary/aromatic N) is 2. The van der Waals surface area contributed by atoms with Gasteiger partial charge in [0.05, 0.1) is 5.60 Å². The lowest BCUT2D eigenvalue weighted by atomic mass is 9.44. The zero-order valence-corrected chi connectivity index (χ0v) is 16.3. The van der Waals surface area contributed by atoms with E-state index in [0.29, 0.717) is 10.8 Å². The van der Waals surface area contributed by atoms with Crippen LogP contribution in [0.2, 0.25) is 0 Å². The van der Waals surface area contributed by atoms with E-state index in [0.717, 1.165) is 54.5 Å². The molecule has 1 aromatic rings. The molecule has 0 radical (unpaired) electrons. The normalized spacial score (nSPS) is 52.4. The molecule has 26 heavy (non-hydrogen) atoms. The van der Waals surface area contributed by atoms with E-state index in [1.165, 1.54) is 51.4 Å². The minimum Gasteiger partial charge on any atom is -0.374 e. The van der Waals surface area contributed by atoms with Crippen molar-refractivity contribution in [3.63, 3.8) is 0 Å². The second-order valence-electron chi connectivity index (χ2n) is 10.6. The molecule has 7 atom stereocenters. The van der Waals surface area contributed by atoms with E-state index in [2.05, 4.69) is 24.2 Å². The van der Waals surface area contributed by atoms with Gasteiger partial charge in [-0.3, -0.25) is 0 Å². The van der Waals surface area contributed by atoms with Gasteiger partial charge in [-0.05, 0) is 92.3 Å². The van der Waals surface area contributed by atoms with Crippen LogP contribution in [-0.4, -0.2) is 22.5 Å². The van der Waals surface area contributed by atoms with Crippen molar-refractivity contribution < 1.29 is 9.37 Å². The predicted octanol–water partition coefficient (Wildman–Crippen LogP) is 4.58. The molecular weight excluding hydrogens is 324 g/mol. The first-order valence-electron chi connectivity index (χ1n) is 11.0. The molecule has 0 amide bonds. The van der Waals surface area contributed by atoms with E-state index in [1.54, 1.807) is 0 Å². The molecule has 2 heterocycles. The van der Waals surface area contributed by atoms with Gasteiger partial charge in [-0.1, -0.05) is 24.2 Å². The van der Waals surface area contributed by atoms with Crippen LogP contribution in [0, 0.1) is 34.5 Å². The SMILES string of the molecule is CC12Cc3nonc3CC1CCC1C2CCC2(C)C1CC[C@]21CCCO1. The van der Waals surface area contributed by atoms with Gasteiger partial charge in [0, 0.05) is 13.0 Å². The fraction of sp³-hybridized carbons (Fsp3) is 0.909. The molecule has 6 rings (SSSR count). The van der Waals surface area contributed by atoms with Crippen molar-refractivity contribution >= 4 is 0 Å².